The molecule has 0 radical (unpaired) electrons. The summed E-state index contributed by atoms with van der Waals surface area (Å²) in [5.74, 6) is -0.0445. The van der Waals surface area contributed by atoms with E-state index < -0.39 is 0 Å². The van der Waals surface area contributed by atoms with Crippen molar-refractivity contribution in [2.75, 3.05) is 33.9 Å². The van der Waals surface area contributed by atoms with Gasteiger partial charge in [0.15, 0.2) is 0 Å². The van der Waals surface area contributed by atoms with E-state index in [1.165, 1.54) is 0 Å². The second-order valence-corrected chi connectivity index (χ2v) is 4.49. The molecule has 0 aliphatic heterocycles. The van der Waals surface area contributed by atoms with Crippen LogP contribution in [0, 0.1) is 0 Å². The van der Waals surface area contributed by atoms with Gasteiger partial charge in [-0.25, -0.2) is 0 Å². The summed E-state index contributed by atoms with van der Waals surface area (Å²) in [5, 5.41) is 11.6. The van der Waals surface area contributed by atoms with Crippen LogP contribution in [0.5, 0.6) is 0 Å². The number of nitrogens with one attached hydrogen (secondary N) is 1. The molecule has 0 heterocycles. The van der Waals surface area contributed by atoms with Gasteiger partial charge in [-0.3, -0.25) is 9.69 Å². The van der Waals surface area contributed by atoms with E-state index in [-0.39, 0.29) is 12.5 Å². The fourth-order valence-electron chi connectivity index (χ4n) is 1.67. The Labute approximate surface area is 114 Å². The van der Waals surface area contributed by atoms with E-state index in [4.69, 9.17) is 9.84 Å². The van der Waals surface area contributed by atoms with Crippen molar-refractivity contribution >= 4 is 5.91 Å². The molecule has 5 heteroatoms. The molecule has 0 unspecified atom stereocenters. The molecular formula is C14H22N2O3. The Hall–Kier alpha value is -1.43. The van der Waals surface area contributed by atoms with Gasteiger partial charge in [0.2, 0.25) is 5.91 Å². The Bertz CT molecular complexity index is 379. The number of methoxy groups -OCH3 is 1. The molecule has 0 aliphatic rings. The van der Waals surface area contributed by atoms with Crippen molar-refractivity contribution in [2.24, 2.45) is 0 Å². The fourth-order valence-corrected chi connectivity index (χ4v) is 1.67. The van der Waals surface area contributed by atoms with E-state index in [1.807, 2.05) is 24.3 Å². The van der Waals surface area contributed by atoms with Gasteiger partial charge in [-0.1, -0.05) is 24.3 Å². The molecule has 0 aromatic heterocycles. The number of hydrogen-bond donors (Lipinski definition) is 2. The van der Waals surface area contributed by atoms with Crippen LogP contribution < -0.4 is 5.32 Å². The smallest absolute Gasteiger partial charge is 0.234 e. The van der Waals surface area contributed by atoms with Gasteiger partial charge in [0.25, 0.3) is 0 Å². The first-order valence-electron chi connectivity index (χ1n) is 6.28. The lowest BCUT2D eigenvalue weighted by Crippen LogP contribution is -2.36. The quantitative estimate of drug-likeness (QED) is 0.714. The fraction of sp³-hybridized carbons (Fsp3) is 0.500. The number of amides is 1. The highest BCUT2D eigenvalue weighted by Gasteiger charge is 2.05. The highest BCUT2D eigenvalue weighted by atomic mass is 16.5. The van der Waals surface area contributed by atoms with Gasteiger partial charge in [-0.2, -0.15) is 0 Å². The van der Waals surface area contributed by atoms with Crippen LogP contribution in [0.15, 0.2) is 24.3 Å². The van der Waals surface area contributed by atoms with Crippen molar-refractivity contribution in [2.45, 2.75) is 13.2 Å². The summed E-state index contributed by atoms with van der Waals surface area (Å²) < 4.78 is 5.04. The summed E-state index contributed by atoms with van der Waals surface area (Å²) in [6, 6.07) is 7.93. The molecule has 0 fully saturated rings. The van der Waals surface area contributed by atoms with Crippen molar-refractivity contribution < 1.29 is 14.6 Å². The summed E-state index contributed by atoms with van der Waals surface area (Å²) in [7, 11) is 3.46. The number of benzene rings is 1. The van der Waals surface area contributed by atoms with Gasteiger partial charge in [-0.05, 0) is 18.2 Å². The zero-order valence-electron chi connectivity index (χ0n) is 11.6. The van der Waals surface area contributed by atoms with Crippen molar-refractivity contribution in [3.05, 3.63) is 35.4 Å². The molecule has 0 aliphatic carbocycles. The van der Waals surface area contributed by atoms with Crippen LogP contribution in [0.2, 0.25) is 0 Å². The second-order valence-electron chi connectivity index (χ2n) is 4.49. The van der Waals surface area contributed by atoms with E-state index in [1.54, 1.807) is 19.1 Å². The van der Waals surface area contributed by atoms with E-state index in [0.29, 0.717) is 26.2 Å². The van der Waals surface area contributed by atoms with Crippen LogP contribution >= 0.6 is 0 Å². The van der Waals surface area contributed by atoms with Gasteiger partial charge in [-0.15, -0.1) is 0 Å². The zero-order chi connectivity index (χ0) is 14.1. The lowest BCUT2D eigenvalue weighted by molar-refractivity contribution is -0.122. The first-order valence-corrected chi connectivity index (χ1v) is 6.28. The Morgan fingerprint density at radius 3 is 2.53 bits per heavy atom. The summed E-state index contributed by atoms with van der Waals surface area (Å²) in [6.45, 7) is 1.96. The summed E-state index contributed by atoms with van der Waals surface area (Å²) >= 11 is 0. The lowest BCUT2D eigenvalue weighted by atomic mass is 10.1. The van der Waals surface area contributed by atoms with Crippen molar-refractivity contribution in [1.82, 2.24) is 10.2 Å². The first-order chi connectivity index (χ1) is 9.15. The zero-order valence-corrected chi connectivity index (χ0v) is 11.6. The number of hydrogen-bond acceptors (Lipinski definition) is 4. The number of rotatable bonds is 8. The normalized spacial score (nSPS) is 10.7. The molecule has 0 saturated heterocycles. The predicted molar refractivity (Wildman–Crippen MR) is 73.6 cm³/mol. The van der Waals surface area contributed by atoms with Crippen LogP contribution in [0.25, 0.3) is 0 Å². The van der Waals surface area contributed by atoms with Crippen molar-refractivity contribution in [3.63, 3.8) is 0 Å². The summed E-state index contributed by atoms with van der Waals surface area (Å²) in [4.78, 5) is 13.4. The average Bonchev–Trinajstić information content (AvgIpc) is 2.38. The minimum Gasteiger partial charge on any atom is -0.395 e. The van der Waals surface area contributed by atoms with E-state index in [2.05, 4.69) is 5.32 Å². The molecule has 0 bridgehead atoms. The number of likely N-dealkylation sites (N-methyl/N-ethyl adjacent to an activating group) is 1. The minimum atomic E-state index is -0.0445. The van der Waals surface area contributed by atoms with Crippen LogP contribution in [0.1, 0.15) is 11.1 Å². The molecule has 1 aromatic carbocycles. The SMILES string of the molecule is COCc1ccc(CNC(=O)CN(C)CCO)cc1. The third kappa shape index (κ3) is 6.33. The Morgan fingerprint density at radius 2 is 1.95 bits per heavy atom. The second kappa shape index (κ2) is 8.63. The lowest BCUT2D eigenvalue weighted by Gasteiger charge is -2.14. The van der Waals surface area contributed by atoms with Crippen molar-refractivity contribution in [1.29, 1.82) is 0 Å². The highest BCUT2D eigenvalue weighted by Crippen LogP contribution is 2.05. The molecule has 1 aromatic rings. The molecule has 0 saturated carbocycles. The molecule has 1 rings (SSSR count). The maximum atomic E-state index is 11.6. The molecule has 0 atom stereocenters. The molecular weight excluding hydrogens is 244 g/mol. The molecule has 2 N–H and O–H groups in total. The van der Waals surface area contributed by atoms with E-state index in [0.717, 1.165) is 11.1 Å². The minimum absolute atomic E-state index is 0.0445. The number of carbonyl (C=O) groups is 1. The molecule has 106 valence electrons. The third-order valence-corrected chi connectivity index (χ3v) is 2.72. The Morgan fingerprint density at radius 1 is 1.32 bits per heavy atom. The molecule has 5 nitrogen and oxygen atoms in total. The van der Waals surface area contributed by atoms with Gasteiger partial charge in [0.1, 0.15) is 0 Å². The maximum Gasteiger partial charge on any atom is 0.234 e. The molecule has 1 amide bonds. The monoisotopic (exact) mass is 266 g/mol. The molecule has 19 heavy (non-hydrogen) atoms. The van der Waals surface area contributed by atoms with Gasteiger partial charge in [0.05, 0.1) is 19.8 Å². The predicted octanol–water partition coefficient (Wildman–Crippen LogP) is 0.373. The molecule has 0 spiro atoms. The number of nitrogens with zero attached hydrogens (tertiary/aromatic N) is 1. The Kier molecular flexibility index (Phi) is 7.10. The van der Waals surface area contributed by atoms with E-state index in [9.17, 15) is 4.79 Å². The highest BCUT2D eigenvalue weighted by molar-refractivity contribution is 5.77. The average molecular weight is 266 g/mol. The Balaban J connectivity index is 2.33. The van der Waals surface area contributed by atoms with Crippen LogP contribution in [0.4, 0.5) is 0 Å². The maximum absolute atomic E-state index is 11.6. The third-order valence-electron chi connectivity index (χ3n) is 2.72. The number of carbonyl (C=O) groups excluding carboxylic acids is 1. The van der Waals surface area contributed by atoms with Gasteiger partial charge < -0.3 is 15.2 Å². The standard InChI is InChI=1S/C14H22N2O3/c1-16(7-8-17)10-14(18)15-9-12-3-5-13(6-4-12)11-19-2/h3-6,17H,7-11H2,1-2H3,(H,15,18). The van der Waals surface area contributed by atoms with Gasteiger partial charge in [0, 0.05) is 20.2 Å². The van der Waals surface area contributed by atoms with Gasteiger partial charge >= 0.3 is 0 Å². The summed E-state index contributed by atoms with van der Waals surface area (Å²) in [5.41, 5.74) is 2.17. The number of aliphatic hydroxyl groups is 1. The number of aliphatic hydroxyl groups excluding tert-OH is 1. The van der Waals surface area contributed by atoms with Crippen molar-refractivity contribution in [3.8, 4) is 0 Å². The van der Waals surface area contributed by atoms with Crippen LogP contribution in [0.3, 0.4) is 0 Å². The van der Waals surface area contributed by atoms with E-state index >= 15 is 0 Å². The van der Waals surface area contributed by atoms with Crippen LogP contribution in [-0.4, -0.2) is 49.8 Å². The largest absolute Gasteiger partial charge is 0.395 e. The number of ether oxygens (including phenoxy) is 1. The van der Waals surface area contributed by atoms with Crippen LogP contribution in [-0.2, 0) is 22.7 Å². The topological polar surface area (TPSA) is 61.8 Å². The summed E-state index contributed by atoms with van der Waals surface area (Å²) in [6.07, 6.45) is 0. The first kappa shape index (κ1) is 15.6.